The van der Waals surface area contributed by atoms with E-state index >= 15 is 0 Å². The summed E-state index contributed by atoms with van der Waals surface area (Å²) in [4.78, 5) is 0. The Hall–Kier alpha value is -2.30. The lowest BCUT2D eigenvalue weighted by Gasteiger charge is -2.31. The summed E-state index contributed by atoms with van der Waals surface area (Å²) >= 11 is 0. The van der Waals surface area contributed by atoms with Gasteiger partial charge in [0.05, 0.1) is 24.3 Å². The first kappa shape index (κ1) is 11.2. The van der Waals surface area contributed by atoms with Gasteiger partial charge in [0.25, 0.3) is 0 Å². The summed E-state index contributed by atoms with van der Waals surface area (Å²) < 4.78 is 0. The molecule has 0 saturated heterocycles. The average Bonchev–Trinajstić information content (AvgIpc) is 2.90. The lowest BCUT2D eigenvalue weighted by molar-refractivity contribution is 0.276. The SMILES string of the molecule is CCC1[C@H]2C=C[C@@H]1C(C#N)(C#N)C2(C#N)C#N. The summed E-state index contributed by atoms with van der Waals surface area (Å²) in [5.74, 6) is -0.549. The van der Waals surface area contributed by atoms with Crippen LogP contribution in [0.4, 0.5) is 0 Å². The number of nitrogens with zero attached hydrogens (tertiary/aromatic N) is 4. The third kappa shape index (κ3) is 0.898. The highest BCUT2D eigenvalue weighted by molar-refractivity contribution is 5.47. The monoisotopic (exact) mass is 222 g/mol. The molecule has 0 aliphatic heterocycles. The predicted molar refractivity (Wildman–Crippen MR) is 57.2 cm³/mol. The molecule has 0 aromatic carbocycles. The fraction of sp³-hybridized carbons (Fsp3) is 0.538. The zero-order valence-corrected chi connectivity index (χ0v) is 9.38. The fourth-order valence-electron chi connectivity index (χ4n) is 3.41. The molecule has 4 nitrogen and oxygen atoms in total. The molecule has 3 atom stereocenters. The fourth-order valence-corrected chi connectivity index (χ4v) is 3.41. The number of fused-ring (bicyclic) bond motifs is 2. The highest BCUT2D eigenvalue weighted by Crippen LogP contribution is 2.66. The summed E-state index contributed by atoms with van der Waals surface area (Å²) in [6.07, 6.45) is 4.43. The van der Waals surface area contributed by atoms with Gasteiger partial charge in [-0.3, -0.25) is 0 Å². The average molecular weight is 222 g/mol. The van der Waals surface area contributed by atoms with Gasteiger partial charge in [-0.15, -0.1) is 0 Å². The Morgan fingerprint density at radius 1 is 0.882 bits per heavy atom. The van der Waals surface area contributed by atoms with Crippen LogP contribution >= 0.6 is 0 Å². The number of allylic oxidation sites excluding steroid dienone is 2. The summed E-state index contributed by atoms with van der Waals surface area (Å²) in [5, 5.41) is 37.4. The molecular weight excluding hydrogens is 212 g/mol. The Kier molecular flexibility index (Phi) is 2.20. The molecule has 82 valence electrons. The maximum absolute atomic E-state index is 9.34. The molecule has 0 aromatic rings. The van der Waals surface area contributed by atoms with E-state index < -0.39 is 10.8 Å². The van der Waals surface area contributed by atoms with Crippen LogP contribution in [-0.2, 0) is 0 Å². The van der Waals surface area contributed by atoms with E-state index in [9.17, 15) is 21.0 Å². The van der Waals surface area contributed by atoms with E-state index in [0.717, 1.165) is 6.42 Å². The van der Waals surface area contributed by atoms with Gasteiger partial charge in [0.1, 0.15) is 0 Å². The smallest absolute Gasteiger partial charge is 0.182 e. The molecule has 2 aliphatic rings. The van der Waals surface area contributed by atoms with E-state index in [1.807, 2.05) is 43.4 Å². The van der Waals surface area contributed by atoms with Gasteiger partial charge in [0.2, 0.25) is 0 Å². The van der Waals surface area contributed by atoms with Gasteiger partial charge >= 0.3 is 0 Å². The zero-order chi connectivity index (χ0) is 12.7. The van der Waals surface area contributed by atoms with Crippen molar-refractivity contribution in [3.63, 3.8) is 0 Å². The maximum atomic E-state index is 9.34. The van der Waals surface area contributed by atoms with Gasteiger partial charge in [-0.2, -0.15) is 21.0 Å². The molecule has 1 unspecified atom stereocenters. The third-order valence-electron chi connectivity index (χ3n) is 4.25. The van der Waals surface area contributed by atoms with Crippen LogP contribution in [0.3, 0.4) is 0 Å². The molecule has 0 amide bonds. The Balaban J connectivity index is 2.74. The Morgan fingerprint density at radius 2 is 1.24 bits per heavy atom. The number of nitriles is 4. The quantitative estimate of drug-likeness (QED) is 0.633. The van der Waals surface area contributed by atoms with Crippen molar-refractivity contribution in [3.8, 4) is 24.3 Å². The Bertz CT molecular complexity index is 470. The summed E-state index contributed by atoms with van der Waals surface area (Å²) in [6.45, 7) is 1.96. The predicted octanol–water partition coefficient (Wildman–Crippen LogP) is 1.90. The molecule has 1 saturated carbocycles. The van der Waals surface area contributed by atoms with Crippen molar-refractivity contribution >= 4 is 0 Å². The van der Waals surface area contributed by atoms with E-state index in [-0.39, 0.29) is 17.8 Å². The van der Waals surface area contributed by atoms with Crippen LogP contribution in [0, 0.1) is 73.9 Å². The molecule has 2 bridgehead atoms. The van der Waals surface area contributed by atoms with Crippen molar-refractivity contribution in [2.75, 3.05) is 0 Å². The van der Waals surface area contributed by atoms with Gasteiger partial charge < -0.3 is 0 Å². The topological polar surface area (TPSA) is 95.2 Å². The highest BCUT2D eigenvalue weighted by Gasteiger charge is 2.72. The Morgan fingerprint density at radius 3 is 1.47 bits per heavy atom. The van der Waals surface area contributed by atoms with Crippen LogP contribution < -0.4 is 0 Å². The van der Waals surface area contributed by atoms with Crippen molar-refractivity contribution in [1.29, 1.82) is 21.0 Å². The summed E-state index contributed by atoms with van der Waals surface area (Å²) in [7, 11) is 0. The van der Waals surface area contributed by atoms with Crippen LogP contribution in [-0.4, -0.2) is 0 Å². The second-order valence-electron chi connectivity index (χ2n) is 4.57. The normalized spacial score (nSPS) is 34.3. The molecule has 0 aromatic heterocycles. The lowest BCUT2D eigenvalue weighted by atomic mass is 9.61. The number of hydrogen-bond acceptors (Lipinski definition) is 4. The lowest BCUT2D eigenvalue weighted by Crippen LogP contribution is -2.41. The van der Waals surface area contributed by atoms with Crippen LogP contribution in [0.1, 0.15) is 13.3 Å². The molecule has 0 spiro atoms. The van der Waals surface area contributed by atoms with Crippen molar-refractivity contribution < 1.29 is 0 Å². The van der Waals surface area contributed by atoms with E-state index in [1.165, 1.54) is 0 Å². The first-order valence-electron chi connectivity index (χ1n) is 5.50. The third-order valence-corrected chi connectivity index (χ3v) is 4.25. The molecule has 0 heterocycles. The first-order valence-corrected chi connectivity index (χ1v) is 5.50. The van der Waals surface area contributed by atoms with Crippen LogP contribution in [0.5, 0.6) is 0 Å². The molecular formula is C13H10N4. The van der Waals surface area contributed by atoms with E-state index in [1.54, 1.807) is 0 Å². The first-order chi connectivity index (χ1) is 8.17. The zero-order valence-electron chi connectivity index (χ0n) is 9.38. The van der Waals surface area contributed by atoms with Crippen molar-refractivity contribution in [2.45, 2.75) is 13.3 Å². The van der Waals surface area contributed by atoms with Gasteiger partial charge in [0.15, 0.2) is 10.8 Å². The van der Waals surface area contributed by atoms with Crippen molar-refractivity contribution in [2.24, 2.45) is 28.6 Å². The molecule has 4 heteroatoms. The summed E-state index contributed by atoms with van der Waals surface area (Å²) in [6, 6.07) is 7.83. The highest BCUT2D eigenvalue weighted by atomic mass is 14.7. The molecule has 17 heavy (non-hydrogen) atoms. The number of rotatable bonds is 1. The second kappa shape index (κ2) is 3.35. The van der Waals surface area contributed by atoms with Gasteiger partial charge in [-0.1, -0.05) is 25.5 Å². The van der Waals surface area contributed by atoms with Crippen LogP contribution in [0.2, 0.25) is 0 Å². The molecule has 0 N–H and O–H groups in total. The van der Waals surface area contributed by atoms with Crippen molar-refractivity contribution in [1.82, 2.24) is 0 Å². The number of hydrogen-bond donors (Lipinski definition) is 0. The molecule has 0 radical (unpaired) electrons. The van der Waals surface area contributed by atoms with Gasteiger partial charge in [0, 0.05) is 11.8 Å². The van der Waals surface area contributed by atoms with E-state index in [2.05, 4.69) is 0 Å². The van der Waals surface area contributed by atoms with Gasteiger partial charge in [-0.05, 0) is 5.92 Å². The molecule has 2 rings (SSSR count). The molecule has 1 fully saturated rings. The minimum absolute atomic E-state index is 0.0496. The molecule has 2 aliphatic carbocycles. The minimum Gasteiger partial charge on any atom is -0.196 e. The van der Waals surface area contributed by atoms with Crippen molar-refractivity contribution in [3.05, 3.63) is 12.2 Å². The Labute approximate surface area is 100.0 Å². The van der Waals surface area contributed by atoms with Gasteiger partial charge in [-0.25, -0.2) is 0 Å². The summed E-state index contributed by atoms with van der Waals surface area (Å²) in [5.41, 5.74) is -3.03. The minimum atomic E-state index is -1.52. The van der Waals surface area contributed by atoms with E-state index in [0.29, 0.717) is 0 Å². The second-order valence-corrected chi connectivity index (χ2v) is 4.57. The van der Waals surface area contributed by atoms with Crippen LogP contribution in [0.25, 0.3) is 0 Å². The largest absolute Gasteiger partial charge is 0.196 e. The maximum Gasteiger partial charge on any atom is 0.182 e. The van der Waals surface area contributed by atoms with E-state index in [4.69, 9.17) is 0 Å². The standard InChI is InChI=1S/C13H10N4/c1-2-9-10-3-4-11(9)13(7-16,8-17)12(10,5-14)6-15/h3-4,9-11H,2H2,1H3/t9?,10-,11+. The van der Waals surface area contributed by atoms with Crippen LogP contribution in [0.15, 0.2) is 12.2 Å².